The molecule has 4 rings (SSSR count). The average molecular weight is 342 g/mol. The lowest BCUT2D eigenvalue weighted by atomic mass is 10.1. The number of fused-ring (bicyclic) bond motifs is 1. The zero-order valence-electron chi connectivity index (χ0n) is 13.4. The zero-order chi connectivity index (χ0) is 16.5. The molecule has 1 fully saturated rings. The molecule has 1 saturated heterocycles. The van der Waals surface area contributed by atoms with Crippen LogP contribution in [0.15, 0.2) is 41.8 Å². The molecule has 3 heterocycles. The number of benzene rings is 1. The van der Waals surface area contributed by atoms with E-state index in [1.807, 2.05) is 33.0 Å². The van der Waals surface area contributed by atoms with Crippen molar-refractivity contribution in [2.45, 2.75) is 25.8 Å². The van der Waals surface area contributed by atoms with Gasteiger partial charge >= 0.3 is 0 Å². The van der Waals surface area contributed by atoms with Gasteiger partial charge in [-0.2, -0.15) is 0 Å². The van der Waals surface area contributed by atoms with Crippen LogP contribution in [0.4, 0.5) is 4.39 Å². The van der Waals surface area contributed by atoms with Crippen molar-refractivity contribution in [1.29, 1.82) is 0 Å². The fourth-order valence-corrected chi connectivity index (χ4v) is 4.22. The summed E-state index contributed by atoms with van der Waals surface area (Å²) in [7, 11) is 0. The Morgan fingerprint density at radius 3 is 2.75 bits per heavy atom. The third-order valence-corrected chi connectivity index (χ3v) is 5.47. The van der Waals surface area contributed by atoms with Crippen molar-refractivity contribution in [3.63, 3.8) is 0 Å². The van der Waals surface area contributed by atoms with Crippen molar-refractivity contribution in [3.8, 4) is 0 Å². The number of thiophene rings is 1. The van der Waals surface area contributed by atoms with Crippen molar-refractivity contribution in [3.05, 3.63) is 58.9 Å². The van der Waals surface area contributed by atoms with Gasteiger partial charge in [-0.3, -0.25) is 4.79 Å². The molecule has 1 aliphatic heterocycles. The second-order valence-electron chi connectivity index (χ2n) is 6.27. The van der Waals surface area contributed by atoms with Crippen LogP contribution in [0.25, 0.3) is 10.2 Å². The molecule has 1 amide bonds. The number of likely N-dealkylation sites (tertiary alicyclic amines) is 1. The molecule has 0 aliphatic carbocycles. The van der Waals surface area contributed by atoms with E-state index < -0.39 is 0 Å². The van der Waals surface area contributed by atoms with Crippen molar-refractivity contribution >= 4 is 27.5 Å². The lowest BCUT2D eigenvalue weighted by Gasteiger charge is -2.27. The summed E-state index contributed by atoms with van der Waals surface area (Å²) in [6.07, 6.45) is 3.35. The summed E-state index contributed by atoms with van der Waals surface area (Å²) in [4.78, 5) is 14.9. The summed E-state index contributed by atoms with van der Waals surface area (Å²) in [6.45, 7) is 2.17. The van der Waals surface area contributed by atoms with Gasteiger partial charge < -0.3 is 9.47 Å². The highest BCUT2D eigenvalue weighted by Crippen LogP contribution is 2.28. The number of amides is 1. The molecule has 24 heavy (non-hydrogen) atoms. The summed E-state index contributed by atoms with van der Waals surface area (Å²) in [5.74, 6) is -0.153. The monoisotopic (exact) mass is 342 g/mol. The largest absolute Gasteiger partial charge is 0.337 e. The molecule has 2 aromatic heterocycles. The van der Waals surface area contributed by atoms with E-state index >= 15 is 0 Å². The van der Waals surface area contributed by atoms with Crippen LogP contribution in [0, 0.1) is 5.82 Å². The van der Waals surface area contributed by atoms with Gasteiger partial charge in [-0.15, -0.1) is 11.3 Å². The molecule has 124 valence electrons. The minimum Gasteiger partial charge on any atom is -0.337 e. The van der Waals surface area contributed by atoms with Crippen molar-refractivity contribution < 1.29 is 9.18 Å². The smallest absolute Gasteiger partial charge is 0.270 e. The number of rotatable bonds is 3. The topological polar surface area (TPSA) is 25.2 Å². The van der Waals surface area contributed by atoms with Crippen molar-refractivity contribution in [2.75, 3.05) is 13.1 Å². The Morgan fingerprint density at radius 2 is 1.96 bits per heavy atom. The van der Waals surface area contributed by atoms with Gasteiger partial charge in [0.05, 0.1) is 10.2 Å². The van der Waals surface area contributed by atoms with Gasteiger partial charge in [-0.1, -0.05) is 12.1 Å². The Kier molecular flexibility index (Phi) is 4.10. The van der Waals surface area contributed by atoms with Gasteiger partial charge in [-0.05, 0) is 54.5 Å². The highest BCUT2D eigenvalue weighted by molar-refractivity contribution is 7.17. The normalized spacial score (nSPS) is 15.1. The van der Waals surface area contributed by atoms with E-state index in [0.717, 1.165) is 41.7 Å². The first-order valence-electron chi connectivity index (χ1n) is 8.33. The predicted molar refractivity (Wildman–Crippen MR) is 95.1 cm³/mol. The summed E-state index contributed by atoms with van der Waals surface area (Å²) < 4.78 is 16.6. The van der Waals surface area contributed by atoms with Gasteiger partial charge in [0.1, 0.15) is 11.5 Å². The first kappa shape index (κ1) is 15.4. The number of hydrogen-bond donors (Lipinski definition) is 0. The van der Waals surface area contributed by atoms with E-state index in [-0.39, 0.29) is 11.7 Å². The van der Waals surface area contributed by atoms with E-state index in [4.69, 9.17) is 0 Å². The number of hydrogen-bond acceptors (Lipinski definition) is 2. The standard InChI is InChI=1S/C19H19FN2OS/c20-15-6-4-5-14(11-15)13-22-16-7-10-24-18(16)12-17(22)19(23)21-8-2-1-3-9-21/h4-7,10-12H,1-3,8-9,13H2. The lowest BCUT2D eigenvalue weighted by Crippen LogP contribution is -2.36. The Balaban J connectivity index is 1.72. The second kappa shape index (κ2) is 6.40. The Morgan fingerprint density at radius 1 is 1.12 bits per heavy atom. The van der Waals surface area contributed by atoms with Gasteiger partial charge in [0.15, 0.2) is 0 Å². The van der Waals surface area contributed by atoms with Crippen LogP contribution in [0.1, 0.15) is 35.3 Å². The zero-order valence-corrected chi connectivity index (χ0v) is 14.2. The van der Waals surface area contributed by atoms with Crippen LogP contribution < -0.4 is 0 Å². The molecular formula is C19H19FN2OS. The average Bonchev–Trinajstić information content (AvgIpc) is 3.18. The molecule has 0 bridgehead atoms. The lowest BCUT2D eigenvalue weighted by molar-refractivity contribution is 0.0714. The van der Waals surface area contributed by atoms with Gasteiger partial charge in [0, 0.05) is 19.6 Å². The fraction of sp³-hybridized carbons (Fsp3) is 0.316. The number of carbonyl (C=O) groups excluding carboxylic acids is 1. The summed E-state index contributed by atoms with van der Waals surface area (Å²) >= 11 is 1.63. The van der Waals surface area contributed by atoms with Crippen molar-refractivity contribution in [1.82, 2.24) is 9.47 Å². The molecule has 5 heteroatoms. The number of aromatic nitrogens is 1. The predicted octanol–water partition coefficient (Wildman–Crippen LogP) is 4.52. The molecule has 1 aromatic carbocycles. The summed E-state index contributed by atoms with van der Waals surface area (Å²) in [5.41, 5.74) is 2.62. The number of nitrogens with zero attached hydrogens (tertiary/aromatic N) is 2. The summed E-state index contributed by atoms with van der Waals surface area (Å²) in [5, 5.41) is 2.03. The van der Waals surface area contributed by atoms with E-state index in [9.17, 15) is 9.18 Å². The molecular weight excluding hydrogens is 323 g/mol. The molecule has 0 N–H and O–H groups in total. The second-order valence-corrected chi connectivity index (χ2v) is 7.22. The van der Waals surface area contributed by atoms with Crippen LogP contribution in [0.2, 0.25) is 0 Å². The minimum absolute atomic E-state index is 0.0921. The third-order valence-electron chi connectivity index (χ3n) is 4.61. The van der Waals surface area contributed by atoms with E-state index in [2.05, 4.69) is 0 Å². The van der Waals surface area contributed by atoms with Crippen LogP contribution >= 0.6 is 11.3 Å². The maximum Gasteiger partial charge on any atom is 0.270 e. The Hall–Kier alpha value is -2.14. The molecule has 0 unspecified atom stereocenters. The van der Waals surface area contributed by atoms with Crippen LogP contribution in [-0.2, 0) is 6.54 Å². The maximum atomic E-state index is 13.5. The first-order valence-corrected chi connectivity index (χ1v) is 9.21. The fourth-order valence-electron chi connectivity index (χ4n) is 3.40. The molecule has 0 saturated carbocycles. The van der Waals surface area contributed by atoms with Gasteiger partial charge in [0.2, 0.25) is 0 Å². The third kappa shape index (κ3) is 2.84. The van der Waals surface area contributed by atoms with E-state index in [0.29, 0.717) is 12.2 Å². The molecule has 0 atom stereocenters. The minimum atomic E-state index is -0.245. The molecule has 0 spiro atoms. The Labute approximate surface area is 144 Å². The van der Waals surface area contributed by atoms with Crippen molar-refractivity contribution in [2.24, 2.45) is 0 Å². The maximum absolute atomic E-state index is 13.5. The molecule has 3 aromatic rings. The highest BCUT2D eigenvalue weighted by Gasteiger charge is 2.23. The van der Waals surface area contributed by atoms with Gasteiger partial charge in [0.25, 0.3) is 5.91 Å². The summed E-state index contributed by atoms with van der Waals surface area (Å²) in [6, 6.07) is 10.6. The van der Waals surface area contributed by atoms with E-state index in [1.54, 1.807) is 17.4 Å². The molecule has 0 radical (unpaired) electrons. The highest BCUT2D eigenvalue weighted by atomic mass is 32.1. The number of piperidine rings is 1. The van der Waals surface area contributed by atoms with Crippen LogP contribution in [0.5, 0.6) is 0 Å². The van der Waals surface area contributed by atoms with Gasteiger partial charge in [-0.25, -0.2) is 4.39 Å². The van der Waals surface area contributed by atoms with Crippen LogP contribution in [-0.4, -0.2) is 28.5 Å². The molecule has 3 nitrogen and oxygen atoms in total. The SMILES string of the molecule is O=C(c1cc2sccc2n1Cc1cccc(F)c1)N1CCCCC1. The van der Waals surface area contributed by atoms with E-state index in [1.165, 1.54) is 18.6 Å². The Bertz CT molecular complexity index is 877. The quantitative estimate of drug-likeness (QED) is 0.687. The number of halogens is 1. The first-order chi connectivity index (χ1) is 11.7. The number of carbonyl (C=O) groups is 1. The van der Waals surface area contributed by atoms with Crippen LogP contribution in [0.3, 0.4) is 0 Å². The molecule has 1 aliphatic rings.